The van der Waals surface area contributed by atoms with Crippen LogP contribution in [0.15, 0.2) is 23.6 Å². The standard InChI is InChI=1S/C17H21N3OS2/c1-5-13-12(4)23-9-14(13)16(21)19-20(17(18)22)15-8-10(2)6-7-11(15)3/h6-9H,5H2,1-4H3,(H2,18,22)(H,19,21). The molecule has 0 saturated heterocycles. The Kier molecular flexibility index (Phi) is 5.38. The van der Waals surface area contributed by atoms with Crippen molar-refractivity contribution in [1.82, 2.24) is 5.43 Å². The van der Waals surface area contributed by atoms with Gasteiger partial charge in [-0.15, -0.1) is 11.3 Å². The van der Waals surface area contributed by atoms with E-state index in [1.807, 2.05) is 51.3 Å². The lowest BCUT2D eigenvalue weighted by atomic mass is 10.1. The molecule has 3 N–H and O–H groups in total. The van der Waals surface area contributed by atoms with Crippen LogP contribution in [0.4, 0.5) is 5.69 Å². The van der Waals surface area contributed by atoms with E-state index in [0.717, 1.165) is 33.7 Å². The van der Waals surface area contributed by atoms with E-state index in [2.05, 4.69) is 5.43 Å². The molecule has 23 heavy (non-hydrogen) atoms. The smallest absolute Gasteiger partial charge is 0.271 e. The minimum Gasteiger partial charge on any atom is -0.374 e. The average molecular weight is 348 g/mol. The summed E-state index contributed by atoms with van der Waals surface area (Å²) in [4.78, 5) is 13.8. The van der Waals surface area contributed by atoms with Crippen molar-refractivity contribution in [2.45, 2.75) is 34.1 Å². The first-order chi connectivity index (χ1) is 10.8. The van der Waals surface area contributed by atoms with Crippen LogP contribution in [-0.4, -0.2) is 11.0 Å². The number of amides is 1. The fourth-order valence-corrected chi connectivity index (χ4v) is 3.55. The van der Waals surface area contributed by atoms with Gasteiger partial charge in [0.2, 0.25) is 0 Å². The molecule has 6 heteroatoms. The normalized spacial score (nSPS) is 10.4. The summed E-state index contributed by atoms with van der Waals surface area (Å²) in [6, 6.07) is 5.94. The molecule has 1 heterocycles. The molecule has 0 aliphatic rings. The summed E-state index contributed by atoms with van der Waals surface area (Å²) in [5, 5.41) is 3.47. The van der Waals surface area contributed by atoms with Gasteiger partial charge in [0.15, 0.2) is 5.11 Å². The number of hydrogen-bond donors (Lipinski definition) is 2. The van der Waals surface area contributed by atoms with Gasteiger partial charge in [-0.05, 0) is 62.2 Å². The van der Waals surface area contributed by atoms with Crippen molar-refractivity contribution >= 4 is 40.3 Å². The van der Waals surface area contributed by atoms with Gasteiger partial charge < -0.3 is 5.73 Å². The predicted octanol–water partition coefficient (Wildman–Crippen LogP) is 3.63. The van der Waals surface area contributed by atoms with Gasteiger partial charge in [-0.3, -0.25) is 10.2 Å². The van der Waals surface area contributed by atoms with Crippen LogP contribution in [0.3, 0.4) is 0 Å². The quantitative estimate of drug-likeness (QED) is 0.657. The lowest BCUT2D eigenvalue weighted by molar-refractivity contribution is 0.0954. The molecular weight excluding hydrogens is 326 g/mol. The van der Waals surface area contributed by atoms with Gasteiger partial charge in [-0.1, -0.05) is 19.1 Å². The molecule has 1 aromatic heterocycles. The lowest BCUT2D eigenvalue weighted by Gasteiger charge is -2.25. The second-order valence-electron chi connectivity index (χ2n) is 5.44. The van der Waals surface area contributed by atoms with Crippen molar-refractivity contribution in [3.8, 4) is 0 Å². The summed E-state index contributed by atoms with van der Waals surface area (Å²) in [6.07, 6.45) is 0.814. The summed E-state index contributed by atoms with van der Waals surface area (Å²) in [5.41, 5.74) is 13.3. The van der Waals surface area contributed by atoms with Gasteiger partial charge in [0.1, 0.15) is 0 Å². The van der Waals surface area contributed by atoms with E-state index in [0.29, 0.717) is 5.56 Å². The highest BCUT2D eigenvalue weighted by atomic mass is 32.1. The zero-order valence-electron chi connectivity index (χ0n) is 13.8. The van der Waals surface area contributed by atoms with Crippen molar-refractivity contribution in [3.05, 3.63) is 50.7 Å². The van der Waals surface area contributed by atoms with Crippen LogP contribution in [0.25, 0.3) is 0 Å². The van der Waals surface area contributed by atoms with Gasteiger partial charge in [-0.25, -0.2) is 5.01 Å². The number of benzene rings is 1. The van der Waals surface area contributed by atoms with Crippen molar-refractivity contribution in [2.24, 2.45) is 5.73 Å². The molecule has 0 spiro atoms. The maximum atomic E-state index is 12.7. The Hall–Kier alpha value is -1.92. The number of nitrogens with zero attached hydrogens (tertiary/aromatic N) is 1. The molecule has 2 aromatic rings. The maximum Gasteiger partial charge on any atom is 0.271 e. The van der Waals surface area contributed by atoms with Crippen molar-refractivity contribution in [1.29, 1.82) is 0 Å². The Bertz CT molecular complexity index is 752. The largest absolute Gasteiger partial charge is 0.374 e. The number of thiocarbonyl (C=S) groups is 1. The van der Waals surface area contributed by atoms with E-state index in [9.17, 15) is 4.79 Å². The highest BCUT2D eigenvalue weighted by Crippen LogP contribution is 2.24. The van der Waals surface area contributed by atoms with Gasteiger partial charge in [0, 0.05) is 10.3 Å². The number of rotatable bonds is 3. The first kappa shape index (κ1) is 17.4. The zero-order chi connectivity index (χ0) is 17.1. The van der Waals surface area contributed by atoms with Crippen molar-refractivity contribution < 1.29 is 4.79 Å². The van der Waals surface area contributed by atoms with Crippen molar-refractivity contribution in [2.75, 3.05) is 5.01 Å². The number of anilines is 1. The Morgan fingerprint density at radius 1 is 1.35 bits per heavy atom. The molecule has 0 unspecified atom stereocenters. The number of aryl methyl sites for hydroxylation is 3. The number of carbonyl (C=O) groups excluding carboxylic acids is 1. The van der Waals surface area contributed by atoms with Gasteiger partial charge in [-0.2, -0.15) is 0 Å². The molecule has 0 aliphatic heterocycles. The third-order valence-corrected chi connectivity index (χ3v) is 4.88. The maximum absolute atomic E-state index is 12.7. The number of thiophene rings is 1. The molecule has 0 radical (unpaired) electrons. The third-order valence-electron chi connectivity index (χ3n) is 3.74. The number of nitrogens with two attached hydrogens (primary N) is 1. The van der Waals surface area contributed by atoms with Gasteiger partial charge in [0.25, 0.3) is 5.91 Å². The highest BCUT2D eigenvalue weighted by molar-refractivity contribution is 7.80. The van der Waals surface area contributed by atoms with Crippen LogP contribution in [-0.2, 0) is 6.42 Å². The summed E-state index contributed by atoms with van der Waals surface area (Å²) >= 11 is 6.71. The summed E-state index contributed by atoms with van der Waals surface area (Å²) in [7, 11) is 0. The topological polar surface area (TPSA) is 58.4 Å². The van der Waals surface area contributed by atoms with Crippen LogP contribution in [0.2, 0.25) is 0 Å². The monoisotopic (exact) mass is 347 g/mol. The van der Waals surface area contributed by atoms with Gasteiger partial charge in [0.05, 0.1) is 11.3 Å². The van der Waals surface area contributed by atoms with E-state index in [1.165, 1.54) is 5.01 Å². The molecule has 4 nitrogen and oxygen atoms in total. The summed E-state index contributed by atoms with van der Waals surface area (Å²) < 4.78 is 0. The summed E-state index contributed by atoms with van der Waals surface area (Å²) in [5.74, 6) is -0.195. The van der Waals surface area contributed by atoms with Crippen LogP contribution >= 0.6 is 23.6 Å². The zero-order valence-corrected chi connectivity index (χ0v) is 15.4. The Morgan fingerprint density at radius 3 is 2.65 bits per heavy atom. The highest BCUT2D eigenvalue weighted by Gasteiger charge is 2.20. The van der Waals surface area contributed by atoms with Crippen LogP contribution < -0.4 is 16.2 Å². The molecule has 122 valence electrons. The van der Waals surface area contributed by atoms with Crippen LogP contribution in [0.5, 0.6) is 0 Å². The second kappa shape index (κ2) is 7.10. The molecule has 2 rings (SSSR count). The molecule has 0 aliphatic carbocycles. The van der Waals surface area contributed by atoms with Crippen LogP contribution in [0, 0.1) is 20.8 Å². The molecule has 1 amide bonds. The molecule has 1 aromatic carbocycles. The number of hydrazine groups is 1. The number of carbonyl (C=O) groups is 1. The first-order valence-corrected chi connectivity index (χ1v) is 8.68. The average Bonchev–Trinajstić information content (AvgIpc) is 2.88. The van der Waals surface area contributed by atoms with Crippen LogP contribution in [0.1, 0.15) is 38.8 Å². The minimum atomic E-state index is -0.195. The second-order valence-corrected chi connectivity index (χ2v) is 6.94. The lowest BCUT2D eigenvalue weighted by Crippen LogP contribution is -2.49. The van der Waals surface area contributed by atoms with E-state index in [1.54, 1.807) is 11.3 Å². The molecule has 0 fully saturated rings. The fraction of sp³-hybridized carbons (Fsp3) is 0.294. The summed E-state index contributed by atoms with van der Waals surface area (Å²) in [6.45, 7) is 8.01. The van der Waals surface area contributed by atoms with E-state index < -0.39 is 0 Å². The molecule has 0 atom stereocenters. The number of nitrogens with one attached hydrogen (secondary N) is 1. The molecule has 0 saturated carbocycles. The SMILES string of the molecule is CCc1c(C(=O)NN(C(N)=S)c2cc(C)ccc2C)csc1C. The molecular formula is C17H21N3OS2. The first-order valence-electron chi connectivity index (χ1n) is 7.39. The molecule has 0 bridgehead atoms. The Labute approximate surface area is 146 Å². The third kappa shape index (κ3) is 3.71. The van der Waals surface area contributed by atoms with Gasteiger partial charge >= 0.3 is 0 Å². The van der Waals surface area contributed by atoms with Crippen molar-refractivity contribution in [3.63, 3.8) is 0 Å². The van der Waals surface area contributed by atoms with E-state index in [-0.39, 0.29) is 11.0 Å². The predicted molar refractivity (Wildman–Crippen MR) is 101 cm³/mol. The van der Waals surface area contributed by atoms with E-state index in [4.69, 9.17) is 18.0 Å². The number of hydrogen-bond acceptors (Lipinski definition) is 3. The van der Waals surface area contributed by atoms with E-state index >= 15 is 0 Å². The Morgan fingerprint density at radius 2 is 2.04 bits per heavy atom. The Balaban J connectivity index is 2.35. The fourth-order valence-electron chi connectivity index (χ4n) is 2.47. The minimum absolute atomic E-state index is 0.108.